The van der Waals surface area contributed by atoms with Gasteiger partial charge in [0, 0.05) is 24.7 Å². The van der Waals surface area contributed by atoms with Gasteiger partial charge in [-0.15, -0.1) is 0 Å². The molecule has 2 atom stereocenters. The van der Waals surface area contributed by atoms with Gasteiger partial charge in [0.1, 0.15) is 5.75 Å². The quantitative estimate of drug-likeness (QED) is 0.837. The van der Waals surface area contributed by atoms with E-state index >= 15 is 0 Å². The first-order valence-corrected chi connectivity index (χ1v) is 8.62. The number of rotatable bonds is 5. The molecule has 1 aromatic rings. The van der Waals surface area contributed by atoms with Gasteiger partial charge in [-0.1, -0.05) is 31.5 Å². The van der Waals surface area contributed by atoms with Gasteiger partial charge < -0.3 is 14.5 Å². The molecule has 0 spiro atoms. The molecular formula is C19H28N2O2. The second-order valence-electron chi connectivity index (χ2n) is 7.19. The summed E-state index contributed by atoms with van der Waals surface area (Å²) < 4.78 is 5.51. The zero-order valence-electron chi connectivity index (χ0n) is 14.7. The van der Waals surface area contributed by atoms with Crippen LogP contribution in [0.25, 0.3) is 0 Å². The summed E-state index contributed by atoms with van der Waals surface area (Å²) in [4.78, 5) is 17.6. The van der Waals surface area contributed by atoms with Crippen LogP contribution >= 0.6 is 0 Å². The van der Waals surface area contributed by atoms with Crippen molar-refractivity contribution in [3.8, 4) is 5.75 Å². The Kier molecular flexibility index (Phi) is 4.37. The molecule has 0 unspecified atom stereocenters. The molecule has 2 fully saturated rings. The van der Waals surface area contributed by atoms with Crippen LogP contribution in [0.3, 0.4) is 0 Å². The minimum absolute atomic E-state index is 0.296. The van der Waals surface area contributed by atoms with Crippen LogP contribution in [0.15, 0.2) is 24.3 Å². The van der Waals surface area contributed by atoms with Gasteiger partial charge >= 0.3 is 0 Å². The zero-order valence-corrected chi connectivity index (χ0v) is 14.7. The molecule has 0 radical (unpaired) electrons. The Balaban J connectivity index is 1.83. The third-order valence-corrected chi connectivity index (χ3v) is 5.66. The molecule has 3 rings (SSSR count). The molecule has 0 aromatic heterocycles. The van der Waals surface area contributed by atoms with Crippen LogP contribution in [0.5, 0.6) is 5.75 Å². The van der Waals surface area contributed by atoms with E-state index in [1.54, 1.807) is 7.11 Å². The Morgan fingerprint density at radius 2 is 2.00 bits per heavy atom. The number of likely N-dealkylation sites (N-methyl/N-ethyl adjacent to an activating group) is 1. The van der Waals surface area contributed by atoms with Crippen LogP contribution < -0.4 is 4.74 Å². The van der Waals surface area contributed by atoms with Crippen molar-refractivity contribution in [2.75, 3.05) is 34.3 Å². The molecule has 1 saturated carbocycles. The highest BCUT2D eigenvalue weighted by Gasteiger charge is 2.55. The van der Waals surface area contributed by atoms with Gasteiger partial charge in [-0.2, -0.15) is 0 Å². The average molecular weight is 316 g/mol. The zero-order chi connectivity index (χ0) is 16.6. The number of nitrogens with zero attached hydrogens (tertiary/aromatic N) is 2. The predicted octanol–water partition coefficient (Wildman–Crippen LogP) is 2.53. The van der Waals surface area contributed by atoms with Crippen molar-refractivity contribution in [1.29, 1.82) is 0 Å². The van der Waals surface area contributed by atoms with Crippen molar-refractivity contribution < 1.29 is 9.53 Å². The van der Waals surface area contributed by atoms with Gasteiger partial charge in [0.05, 0.1) is 12.5 Å². The molecule has 1 aliphatic heterocycles. The van der Waals surface area contributed by atoms with E-state index in [0.717, 1.165) is 43.7 Å². The van der Waals surface area contributed by atoms with E-state index in [0.29, 0.717) is 17.9 Å². The number of ether oxygens (including phenoxy) is 1. The summed E-state index contributed by atoms with van der Waals surface area (Å²) in [5, 5.41) is 0. The highest BCUT2D eigenvalue weighted by Crippen LogP contribution is 2.53. The summed E-state index contributed by atoms with van der Waals surface area (Å²) in [6.07, 6.45) is 2.99. The van der Waals surface area contributed by atoms with Crippen molar-refractivity contribution in [2.45, 2.75) is 37.6 Å². The van der Waals surface area contributed by atoms with Crippen molar-refractivity contribution in [3.05, 3.63) is 29.8 Å². The lowest BCUT2D eigenvalue weighted by molar-refractivity contribution is -0.133. The predicted molar refractivity (Wildman–Crippen MR) is 91.7 cm³/mol. The Labute approximate surface area is 139 Å². The number of amides is 1. The number of carbonyl (C=O) groups is 1. The highest BCUT2D eigenvalue weighted by atomic mass is 16.5. The fourth-order valence-electron chi connectivity index (χ4n) is 4.07. The van der Waals surface area contributed by atoms with Crippen molar-refractivity contribution in [2.24, 2.45) is 5.92 Å². The maximum atomic E-state index is 13.3. The lowest BCUT2D eigenvalue weighted by atomic mass is 9.93. The van der Waals surface area contributed by atoms with Gasteiger partial charge in [0.25, 0.3) is 0 Å². The highest BCUT2D eigenvalue weighted by molar-refractivity contribution is 5.92. The lowest BCUT2D eigenvalue weighted by Crippen LogP contribution is -2.40. The number of methoxy groups -OCH3 is 1. The van der Waals surface area contributed by atoms with E-state index in [4.69, 9.17) is 4.74 Å². The molecule has 2 aliphatic rings. The van der Waals surface area contributed by atoms with E-state index in [2.05, 4.69) is 36.9 Å². The van der Waals surface area contributed by atoms with E-state index < -0.39 is 0 Å². The first-order valence-electron chi connectivity index (χ1n) is 8.62. The largest absolute Gasteiger partial charge is 0.496 e. The second-order valence-corrected chi connectivity index (χ2v) is 7.19. The minimum atomic E-state index is -0.341. The normalized spacial score (nSPS) is 25.7. The van der Waals surface area contributed by atoms with Crippen molar-refractivity contribution >= 4 is 5.91 Å². The number of carbonyl (C=O) groups excluding carboxylic acids is 1. The average Bonchev–Trinajstić information content (AvgIpc) is 3.25. The summed E-state index contributed by atoms with van der Waals surface area (Å²) in [5.41, 5.74) is 0.723. The topological polar surface area (TPSA) is 32.8 Å². The molecule has 126 valence electrons. The first-order chi connectivity index (χ1) is 11.0. The van der Waals surface area contributed by atoms with Gasteiger partial charge in [-0.3, -0.25) is 4.79 Å². The minimum Gasteiger partial charge on any atom is -0.496 e. The SMILES string of the molecule is CC[C@H]1CN(C(=O)C2(c3ccccc3OC)CC2)C[C@@H]1N(C)C. The van der Waals surface area contributed by atoms with Crippen molar-refractivity contribution in [1.82, 2.24) is 9.80 Å². The number of hydrogen-bond acceptors (Lipinski definition) is 3. The fourth-order valence-corrected chi connectivity index (χ4v) is 4.07. The summed E-state index contributed by atoms with van der Waals surface area (Å²) >= 11 is 0. The maximum absolute atomic E-state index is 13.3. The molecule has 4 nitrogen and oxygen atoms in total. The third kappa shape index (κ3) is 2.74. The molecule has 0 N–H and O–H groups in total. The number of likely N-dealkylation sites (tertiary alicyclic amines) is 1. The van der Waals surface area contributed by atoms with E-state index in [1.165, 1.54) is 0 Å². The monoisotopic (exact) mass is 316 g/mol. The molecule has 1 saturated heterocycles. The van der Waals surface area contributed by atoms with Gasteiger partial charge in [0.2, 0.25) is 5.91 Å². The van der Waals surface area contributed by atoms with Gasteiger partial charge in [0.15, 0.2) is 0 Å². The number of benzene rings is 1. The smallest absolute Gasteiger partial charge is 0.233 e. The first kappa shape index (κ1) is 16.3. The van der Waals surface area contributed by atoms with Gasteiger partial charge in [-0.05, 0) is 38.9 Å². The number of hydrogen-bond donors (Lipinski definition) is 0. The Bertz CT molecular complexity index is 580. The van der Waals surface area contributed by atoms with Crippen molar-refractivity contribution in [3.63, 3.8) is 0 Å². The molecule has 1 aromatic carbocycles. The molecule has 23 heavy (non-hydrogen) atoms. The summed E-state index contributed by atoms with van der Waals surface area (Å²) in [6.45, 7) is 3.96. The second kappa shape index (κ2) is 6.16. The fraction of sp³-hybridized carbons (Fsp3) is 0.632. The molecule has 0 bridgehead atoms. The van der Waals surface area contributed by atoms with E-state index in [9.17, 15) is 4.79 Å². The van der Waals surface area contributed by atoms with Crippen LogP contribution in [-0.4, -0.2) is 56.0 Å². The maximum Gasteiger partial charge on any atom is 0.233 e. The van der Waals surface area contributed by atoms with E-state index in [-0.39, 0.29) is 5.41 Å². The number of para-hydroxylation sites is 1. The van der Waals surface area contributed by atoms with Crippen LogP contribution in [0, 0.1) is 5.92 Å². The molecule has 1 aliphatic carbocycles. The molecule has 1 amide bonds. The van der Waals surface area contributed by atoms with Crippen LogP contribution in [0.2, 0.25) is 0 Å². The van der Waals surface area contributed by atoms with Crippen LogP contribution in [-0.2, 0) is 10.2 Å². The Morgan fingerprint density at radius 1 is 1.30 bits per heavy atom. The standard InChI is InChI=1S/C19H28N2O2/c1-5-14-12-21(13-16(14)20(2)3)18(22)19(10-11-19)15-8-6-7-9-17(15)23-4/h6-9,14,16H,5,10-13H2,1-4H3/t14-,16-/m0/s1. The molecule has 1 heterocycles. The Morgan fingerprint density at radius 3 is 2.52 bits per heavy atom. The lowest BCUT2D eigenvalue weighted by Gasteiger charge is -2.26. The summed E-state index contributed by atoms with van der Waals surface area (Å²) in [7, 11) is 5.92. The third-order valence-electron chi connectivity index (χ3n) is 5.66. The molecule has 4 heteroatoms. The summed E-state index contributed by atoms with van der Waals surface area (Å²) in [5.74, 6) is 1.71. The van der Waals surface area contributed by atoms with Gasteiger partial charge in [-0.25, -0.2) is 0 Å². The Hall–Kier alpha value is -1.55. The van der Waals surface area contributed by atoms with E-state index in [1.807, 2.05) is 18.2 Å². The van der Waals surface area contributed by atoms with Crippen LogP contribution in [0.4, 0.5) is 0 Å². The molecular weight excluding hydrogens is 288 g/mol. The van der Waals surface area contributed by atoms with Crippen LogP contribution in [0.1, 0.15) is 31.7 Å². The summed E-state index contributed by atoms with van der Waals surface area (Å²) in [6, 6.07) is 8.46.